The van der Waals surface area contributed by atoms with Crippen LogP contribution in [0.4, 0.5) is 11.5 Å². The Balaban J connectivity index is 1.61. The number of hydrogen-bond acceptors (Lipinski definition) is 4. The Morgan fingerprint density at radius 2 is 2.12 bits per heavy atom. The molecule has 2 aromatic rings. The van der Waals surface area contributed by atoms with E-state index in [-0.39, 0.29) is 0 Å². The summed E-state index contributed by atoms with van der Waals surface area (Å²) >= 11 is 0. The Bertz CT molecular complexity index is 718. The fraction of sp³-hybridized carbons (Fsp3) is 0.600. The number of aliphatic imine (C=N–C) groups is 1. The molecule has 0 fully saturated rings. The third kappa shape index (κ3) is 4.03. The molecule has 1 aliphatic rings. The lowest BCUT2D eigenvalue weighted by atomic mass is 10.2. The molecule has 0 saturated heterocycles. The zero-order chi connectivity index (χ0) is 17.6. The molecule has 0 aromatic carbocycles. The van der Waals surface area contributed by atoms with Gasteiger partial charge in [0.05, 0.1) is 5.52 Å². The van der Waals surface area contributed by atoms with Gasteiger partial charge in [-0.25, -0.2) is 4.52 Å². The molecule has 5 nitrogen and oxygen atoms in total. The highest BCUT2D eigenvalue weighted by atomic mass is 15.3. The minimum absolute atomic E-state index is 0.856. The third-order valence-corrected chi connectivity index (χ3v) is 5.16. The van der Waals surface area contributed by atoms with E-state index in [9.17, 15) is 0 Å². The number of anilines is 1. The van der Waals surface area contributed by atoms with Crippen molar-refractivity contribution in [2.75, 3.05) is 32.0 Å². The number of aryl methyl sites for hydroxylation is 2. The topological polar surface area (TPSA) is 44.9 Å². The number of rotatable bonds is 10. The number of nitrogens with one attached hydrogen (secondary N) is 1. The van der Waals surface area contributed by atoms with Crippen LogP contribution >= 0.6 is 0 Å². The summed E-state index contributed by atoms with van der Waals surface area (Å²) in [5.41, 5.74) is 4.69. The maximum absolute atomic E-state index is 4.79. The van der Waals surface area contributed by atoms with Gasteiger partial charge in [-0.05, 0) is 57.6 Å². The van der Waals surface area contributed by atoms with Crippen LogP contribution in [0, 0.1) is 0 Å². The molecule has 0 bridgehead atoms. The molecule has 136 valence electrons. The summed E-state index contributed by atoms with van der Waals surface area (Å²) in [6.07, 6.45) is 8.72. The van der Waals surface area contributed by atoms with Gasteiger partial charge in [-0.2, -0.15) is 0 Å². The minimum Gasteiger partial charge on any atom is -0.365 e. The Morgan fingerprint density at radius 3 is 2.92 bits per heavy atom. The molecule has 1 aliphatic carbocycles. The van der Waals surface area contributed by atoms with Crippen molar-refractivity contribution in [1.29, 1.82) is 0 Å². The van der Waals surface area contributed by atoms with Crippen molar-refractivity contribution < 1.29 is 0 Å². The Labute approximate surface area is 151 Å². The van der Waals surface area contributed by atoms with E-state index in [0.29, 0.717) is 0 Å². The number of fused-ring (bicyclic) bond motifs is 3. The summed E-state index contributed by atoms with van der Waals surface area (Å²) < 4.78 is 2.07. The summed E-state index contributed by atoms with van der Waals surface area (Å²) in [4.78, 5) is 6.63. The number of hydrogen-bond donors (Lipinski definition) is 1. The van der Waals surface area contributed by atoms with E-state index in [1.54, 1.807) is 0 Å². The molecule has 0 atom stereocenters. The van der Waals surface area contributed by atoms with Crippen molar-refractivity contribution >= 4 is 23.7 Å². The van der Waals surface area contributed by atoms with Gasteiger partial charge in [0.2, 0.25) is 0 Å². The average molecular weight is 342 g/mol. The molecule has 0 aliphatic heterocycles. The lowest BCUT2D eigenvalue weighted by Crippen LogP contribution is -2.26. The maximum Gasteiger partial charge on any atom is 0.175 e. The maximum atomic E-state index is 4.79. The number of unbranched alkanes of at least 4 members (excludes halogenated alkanes) is 3. The van der Waals surface area contributed by atoms with Crippen LogP contribution in [0.3, 0.4) is 0 Å². The van der Waals surface area contributed by atoms with Gasteiger partial charge >= 0.3 is 0 Å². The summed E-state index contributed by atoms with van der Waals surface area (Å²) in [6.45, 7) is 9.05. The van der Waals surface area contributed by atoms with Gasteiger partial charge in [0.15, 0.2) is 5.82 Å². The van der Waals surface area contributed by atoms with Gasteiger partial charge in [-0.1, -0.05) is 32.3 Å². The van der Waals surface area contributed by atoms with E-state index in [4.69, 9.17) is 5.10 Å². The second-order valence-corrected chi connectivity index (χ2v) is 7.10. The molecular formula is C20H31N5. The first-order valence-electron chi connectivity index (χ1n) is 9.67. The molecule has 3 rings (SSSR count). The lowest BCUT2D eigenvalue weighted by molar-refractivity contribution is 0.336. The van der Waals surface area contributed by atoms with Gasteiger partial charge < -0.3 is 10.2 Å². The highest BCUT2D eigenvalue weighted by Gasteiger charge is 2.19. The van der Waals surface area contributed by atoms with Gasteiger partial charge in [-0.15, -0.1) is 5.10 Å². The van der Waals surface area contributed by atoms with Crippen molar-refractivity contribution in [3.8, 4) is 0 Å². The molecule has 2 aromatic heterocycles. The molecular weight excluding hydrogens is 310 g/mol. The summed E-state index contributed by atoms with van der Waals surface area (Å²) in [5, 5.41) is 8.26. The minimum atomic E-state index is 0.856. The Hall–Kier alpha value is -1.88. The van der Waals surface area contributed by atoms with Crippen molar-refractivity contribution in [1.82, 2.24) is 14.5 Å². The van der Waals surface area contributed by atoms with E-state index in [1.807, 2.05) is 0 Å². The molecule has 5 heteroatoms. The molecule has 2 heterocycles. The molecule has 0 radical (unpaired) electrons. The highest BCUT2D eigenvalue weighted by Crippen LogP contribution is 2.33. The van der Waals surface area contributed by atoms with Crippen LogP contribution in [0.2, 0.25) is 0 Å². The van der Waals surface area contributed by atoms with Crippen LogP contribution in [0.15, 0.2) is 17.1 Å². The molecule has 0 unspecified atom stereocenters. The van der Waals surface area contributed by atoms with Crippen LogP contribution in [0.25, 0.3) is 5.52 Å². The predicted molar refractivity (Wildman–Crippen MR) is 107 cm³/mol. The normalized spacial score (nSPS) is 13.6. The van der Waals surface area contributed by atoms with Crippen LogP contribution in [-0.2, 0) is 12.8 Å². The average Bonchev–Trinajstić information content (AvgIpc) is 3.22. The van der Waals surface area contributed by atoms with E-state index in [2.05, 4.69) is 52.5 Å². The van der Waals surface area contributed by atoms with Gasteiger partial charge in [0, 0.05) is 18.8 Å². The summed E-state index contributed by atoms with van der Waals surface area (Å²) in [5.74, 6) is 0.856. The largest absolute Gasteiger partial charge is 0.365 e. The van der Waals surface area contributed by atoms with Gasteiger partial charge in [0.25, 0.3) is 0 Å². The highest BCUT2D eigenvalue weighted by molar-refractivity contribution is 5.82. The van der Waals surface area contributed by atoms with Crippen molar-refractivity contribution in [3.05, 3.63) is 23.4 Å². The van der Waals surface area contributed by atoms with E-state index in [1.165, 1.54) is 43.4 Å². The first-order chi connectivity index (χ1) is 12.2. The number of nitrogens with zero attached hydrogens (tertiary/aromatic N) is 4. The lowest BCUT2D eigenvalue weighted by Gasteiger charge is -2.16. The molecule has 1 N–H and O–H groups in total. The van der Waals surface area contributed by atoms with E-state index in [0.717, 1.165) is 49.5 Å². The summed E-state index contributed by atoms with van der Waals surface area (Å²) in [7, 11) is 2.19. The van der Waals surface area contributed by atoms with Crippen LogP contribution in [0.5, 0.6) is 0 Å². The monoisotopic (exact) mass is 341 g/mol. The van der Waals surface area contributed by atoms with Gasteiger partial charge in [-0.3, -0.25) is 4.99 Å². The zero-order valence-corrected chi connectivity index (χ0v) is 15.7. The van der Waals surface area contributed by atoms with Gasteiger partial charge in [0.1, 0.15) is 5.69 Å². The molecule has 0 saturated carbocycles. The first-order valence-corrected chi connectivity index (χ1v) is 9.67. The number of likely N-dealkylation sites (N-methyl/N-ethyl adjacent to an activating group) is 1. The fourth-order valence-corrected chi connectivity index (χ4v) is 3.69. The smallest absolute Gasteiger partial charge is 0.175 e. The molecule has 0 amide bonds. The number of pyridine rings is 1. The van der Waals surface area contributed by atoms with Crippen LogP contribution < -0.4 is 5.32 Å². The Morgan fingerprint density at radius 1 is 1.24 bits per heavy atom. The van der Waals surface area contributed by atoms with Crippen molar-refractivity contribution in [2.45, 2.75) is 51.9 Å². The Kier molecular flexibility index (Phi) is 6.08. The quantitative estimate of drug-likeness (QED) is 0.523. The van der Waals surface area contributed by atoms with Crippen molar-refractivity contribution in [2.24, 2.45) is 4.99 Å². The molecule has 25 heavy (non-hydrogen) atoms. The summed E-state index contributed by atoms with van der Waals surface area (Å²) in [6, 6.07) is 4.36. The third-order valence-electron chi connectivity index (χ3n) is 5.16. The second kappa shape index (κ2) is 8.48. The predicted octanol–water partition coefficient (Wildman–Crippen LogP) is 4.08. The molecule has 0 spiro atoms. The van der Waals surface area contributed by atoms with E-state index >= 15 is 0 Å². The van der Waals surface area contributed by atoms with Crippen LogP contribution in [-0.4, -0.2) is 47.9 Å². The fourth-order valence-electron chi connectivity index (χ4n) is 3.69. The zero-order valence-electron chi connectivity index (χ0n) is 15.7. The van der Waals surface area contributed by atoms with Crippen LogP contribution in [0.1, 0.15) is 50.3 Å². The first kappa shape index (κ1) is 17.9. The standard InChI is InChI=1S/C20H31N5/c1-4-5-6-7-14-24(3)15-13-22-20-19(21-2)18-12-11-16-9-8-10-17(16)25(18)23-20/h11-12H,2,4-10,13-15H2,1,3H3,(H,22,23). The number of aromatic nitrogens is 2. The second-order valence-electron chi connectivity index (χ2n) is 7.10. The van der Waals surface area contributed by atoms with E-state index < -0.39 is 0 Å². The SMILES string of the molecule is C=Nc1c(NCCN(C)CCCCCC)nn2c3c(ccc12)CCC3. The van der Waals surface area contributed by atoms with Crippen molar-refractivity contribution in [3.63, 3.8) is 0 Å².